The van der Waals surface area contributed by atoms with Crippen LogP contribution in [0.4, 0.5) is 5.69 Å². The SMILES string of the molecule is CN(C)S(=O)(=O)c1ccc(Oc2ccc(I)cc2)c(N)c1. The fourth-order valence-corrected chi connectivity index (χ4v) is 2.92. The van der Waals surface area contributed by atoms with Crippen molar-refractivity contribution >= 4 is 38.3 Å². The van der Waals surface area contributed by atoms with Crippen LogP contribution in [0.2, 0.25) is 0 Å². The van der Waals surface area contributed by atoms with Crippen LogP contribution in [0.3, 0.4) is 0 Å². The Morgan fingerprint density at radius 3 is 2.24 bits per heavy atom. The van der Waals surface area contributed by atoms with E-state index >= 15 is 0 Å². The largest absolute Gasteiger partial charge is 0.455 e. The normalized spacial score (nSPS) is 11.6. The maximum atomic E-state index is 12.0. The van der Waals surface area contributed by atoms with Crippen molar-refractivity contribution in [3.63, 3.8) is 0 Å². The second-order valence-electron chi connectivity index (χ2n) is 4.54. The van der Waals surface area contributed by atoms with E-state index in [1.807, 2.05) is 24.3 Å². The van der Waals surface area contributed by atoms with E-state index < -0.39 is 10.0 Å². The van der Waals surface area contributed by atoms with Crippen molar-refractivity contribution in [2.45, 2.75) is 4.90 Å². The molecule has 0 spiro atoms. The summed E-state index contributed by atoms with van der Waals surface area (Å²) in [4.78, 5) is 0.139. The Labute approximate surface area is 137 Å². The van der Waals surface area contributed by atoms with Gasteiger partial charge in [-0.25, -0.2) is 12.7 Å². The van der Waals surface area contributed by atoms with Gasteiger partial charge < -0.3 is 10.5 Å². The highest BCUT2D eigenvalue weighted by molar-refractivity contribution is 14.1. The summed E-state index contributed by atoms with van der Waals surface area (Å²) < 4.78 is 31.9. The number of anilines is 1. The van der Waals surface area contributed by atoms with E-state index in [1.165, 1.54) is 26.2 Å². The molecule has 0 saturated heterocycles. The molecule has 2 rings (SSSR count). The number of nitrogens with two attached hydrogens (primary N) is 1. The second-order valence-corrected chi connectivity index (χ2v) is 7.94. The molecule has 2 N–H and O–H groups in total. The van der Waals surface area contributed by atoms with Crippen molar-refractivity contribution in [2.24, 2.45) is 0 Å². The van der Waals surface area contributed by atoms with Crippen molar-refractivity contribution in [1.29, 1.82) is 0 Å². The number of nitrogens with zero attached hydrogens (tertiary/aromatic N) is 1. The van der Waals surface area contributed by atoms with Gasteiger partial charge in [-0.3, -0.25) is 0 Å². The number of nitrogen functional groups attached to an aromatic ring is 1. The Bertz CT molecular complexity index is 743. The number of ether oxygens (including phenoxy) is 1. The molecule has 0 atom stereocenters. The van der Waals surface area contributed by atoms with Crippen molar-refractivity contribution in [1.82, 2.24) is 4.31 Å². The first-order valence-corrected chi connectivity index (χ1v) is 8.58. The second kappa shape index (κ2) is 6.20. The highest BCUT2D eigenvalue weighted by Gasteiger charge is 2.18. The lowest BCUT2D eigenvalue weighted by Gasteiger charge is -2.13. The lowest BCUT2D eigenvalue weighted by Crippen LogP contribution is -2.22. The summed E-state index contributed by atoms with van der Waals surface area (Å²) in [5.74, 6) is 1.07. The van der Waals surface area contributed by atoms with Crippen molar-refractivity contribution < 1.29 is 13.2 Å². The van der Waals surface area contributed by atoms with E-state index in [1.54, 1.807) is 6.07 Å². The molecule has 0 unspecified atom stereocenters. The molecule has 2 aromatic carbocycles. The van der Waals surface area contributed by atoms with Crippen LogP contribution in [0.1, 0.15) is 0 Å². The average molecular weight is 418 g/mol. The highest BCUT2D eigenvalue weighted by atomic mass is 127. The summed E-state index contributed by atoms with van der Waals surface area (Å²) in [6.07, 6.45) is 0. The first-order valence-electron chi connectivity index (χ1n) is 6.06. The summed E-state index contributed by atoms with van der Waals surface area (Å²) in [6.45, 7) is 0. The molecule has 0 saturated carbocycles. The maximum Gasteiger partial charge on any atom is 0.242 e. The molecule has 21 heavy (non-hydrogen) atoms. The van der Waals surface area contributed by atoms with Gasteiger partial charge in [-0.1, -0.05) is 0 Å². The lowest BCUT2D eigenvalue weighted by atomic mass is 10.3. The highest BCUT2D eigenvalue weighted by Crippen LogP contribution is 2.30. The standard InChI is InChI=1S/C14H15IN2O3S/c1-17(2)21(18,19)12-7-8-14(13(16)9-12)20-11-5-3-10(15)4-6-11/h3-9H,16H2,1-2H3. The van der Waals surface area contributed by atoms with Gasteiger partial charge in [0.05, 0.1) is 10.6 Å². The molecule has 0 bridgehead atoms. The van der Waals surface area contributed by atoms with E-state index in [0.717, 1.165) is 7.88 Å². The van der Waals surface area contributed by atoms with E-state index in [2.05, 4.69) is 22.6 Å². The lowest BCUT2D eigenvalue weighted by molar-refractivity contribution is 0.484. The van der Waals surface area contributed by atoms with Crippen molar-refractivity contribution in [3.8, 4) is 11.5 Å². The van der Waals surface area contributed by atoms with Gasteiger partial charge in [-0.2, -0.15) is 0 Å². The summed E-state index contributed by atoms with van der Waals surface area (Å²) in [5, 5.41) is 0. The minimum atomic E-state index is -3.50. The van der Waals surface area contributed by atoms with Crippen LogP contribution in [0.15, 0.2) is 47.4 Å². The zero-order chi connectivity index (χ0) is 15.6. The monoisotopic (exact) mass is 418 g/mol. The Balaban J connectivity index is 2.30. The van der Waals surface area contributed by atoms with Crippen LogP contribution in [0.5, 0.6) is 11.5 Å². The van der Waals surface area contributed by atoms with Crippen LogP contribution in [0, 0.1) is 3.57 Å². The quantitative estimate of drug-likeness (QED) is 0.612. The third kappa shape index (κ3) is 3.66. The number of sulfonamides is 1. The molecule has 0 radical (unpaired) electrons. The van der Waals surface area contributed by atoms with E-state index in [0.29, 0.717) is 11.5 Å². The molecule has 2 aromatic rings. The Morgan fingerprint density at radius 1 is 1.10 bits per heavy atom. The number of rotatable bonds is 4. The molecule has 0 aromatic heterocycles. The first kappa shape index (κ1) is 16.1. The van der Waals surface area contributed by atoms with Crippen LogP contribution >= 0.6 is 22.6 Å². The Hall–Kier alpha value is -1.32. The summed E-state index contributed by atoms with van der Waals surface area (Å²) in [7, 11) is -0.550. The van der Waals surface area contributed by atoms with Gasteiger partial charge in [0.2, 0.25) is 10.0 Å². The molecule has 0 aliphatic heterocycles. The molecular formula is C14H15IN2O3S. The molecule has 0 heterocycles. The Kier molecular flexibility index (Phi) is 4.74. The number of halogens is 1. The molecule has 7 heteroatoms. The summed E-state index contributed by atoms with van der Waals surface area (Å²) in [5.41, 5.74) is 6.16. The fraction of sp³-hybridized carbons (Fsp3) is 0.143. The molecular weight excluding hydrogens is 403 g/mol. The third-order valence-electron chi connectivity index (χ3n) is 2.80. The summed E-state index contributed by atoms with van der Waals surface area (Å²) >= 11 is 2.20. The maximum absolute atomic E-state index is 12.0. The van der Waals surface area contributed by atoms with Gasteiger partial charge in [0, 0.05) is 17.7 Å². The minimum absolute atomic E-state index is 0.139. The van der Waals surface area contributed by atoms with E-state index in [9.17, 15) is 8.42 Å². The first-order chi connectivity index (χ1) is 9.80. The molecule has 5 nitrogen and oxygen atoms in total. The average Bonchev–Trinajstić information content (AvgIpc) is 2.43. The predicted octanol–water partition coefficient (Wildman–Crippen LogP) is 2.92. The van der Waals surface area contributed by atoms with Gasteiger partial charge in [0.15, 0.2) is 0 Å². The smallest absolute Gasteiger partial charge is 0.242 e. The number of hydrogen-bond acceptors (Lipinski definition) is 4. The number of benzene rings is 2. The predicted molar refractivity (Wildman–Crippen MR) is 91.0 cm³/mol. The third-order valence-corrected chi connectivity index (χ3v) is 5.33. The van der Waals surface area contributed by atoms with Gasteiger partial charge in [0.1, 0.15) is 11.5 Å². The Morgan fingerprint density at radius 2 is 1.71 bits per heavy atom. The van der Waals surface area contributed by atoms with E-state index in [-0.39, 0.29) is 10.6 Å². The van der Waals surface area contributed by atoms with Crippen LogP contribution in [-0.4, -0.2) is 26.8 Å². The molecule has 0 fully saturated rings. The zero-order valence-corrected chi connectivity index (χ0v) is 14.6. The molecule has 0 aliphatic rings. The van der Waals surface area contributed by atoms with Gasteiger partial charge in [-0.15, -0.1) is 0 Å². The van der Waals surface area contributed by atoms with Crippen LogP contribution in [-0.2, 0) is 10.0 Å². The molecule has 112 valence electrons. The molecule has 0 aliphatic carbocycles. The minimum Gasteiger partial charge on any atom is -0.455 e. The topological polar surface area (TPSA) is 72.6 Å². The number of hydrogen-bond donors (Lipinski definition) is 1. The van der Waals surface area contributed by atoms with Crippen molar-refractivity contribution in [3.05, 3.63) is 46.0 Å². The van der Waals surface area contributed by atoms with Crippen LogP contribution < -0.4 is 10.5 Å². The van der Waals surface area contributed by atoms with Gasteiger partial charge >= 0.3 is 0 Å². The van der Waals surface area contributed by atoms with Crippen LogP contribution in [0.25, 0.3) is 0 Å². The molecule has 0 amide bonds. The van der Waals surface area contributed by atoms with E-state index in [4.69, 9.17) is 10.5 Å². The zero-order valence-electron chi connectivity index (χ0n) is 11.6. The summed E-state index contributed by atoms with van der Waals surface area (Å²) in [6, 6.07) is 11.9. The van der Waals surface area contributed by atoms with Gasteiger partial charge in [0.25, 0.3) is 0 Å². The fourth-order valence-electron chi connectivity index (χ4n) is 1.62. The van der Waals surface area contributed by atoms with Gasteiger partial charge in [-0.05, 0) is 65.1 Å². The van der Waals surface area contributed by atoms with Crippen molar-refractivity contribution in [2.75, 3.05) is 19.8 Å².